The van der Waals surface area contributed by atoms with Gasteiger partial charge in [-0.05, 0) is 48.0 Å². The number of hydrogen-bond donors (Lipinski definition) is 3. The molecule has 3 aromatic rings. The number of nitro benzene ring substituents is 1. The van der Waals surface area contributed by atoms with Crippen LogP contribution in [0.4, 0.5) is 11.4 Å². The number of carbonyl (C=O) groups excluding carboxylic acids is 2. The summed E-state index contributed by atoms with van der Waals surface area (Å²) in [4.78, 5) is 34.6. The second-order valence-corrected chi connectivity index (χ2v) is 6.13. The normalized spacial score (nSPS) is 10.5. The summed E-state index contributed by atoms with van der Waals surface area (Å²) < 4.78 is 0. The number of nitrogens with zero attached hydrogens (tertiary/aromatic N) is 2. The Morgan fingerprint density at radius 1 is 0.933 bits per heavy atom. The molecule has 3 aromatic carbocycles. The van der Waals surface area contributed by atoms with Gasteiger partial charge in [0, 0.05) is 28.9 Å². The summed E-state index contributed by atoms with van der Waals surface area (Å²) in [6.45, 7) is 0. The van der Waals surface area contributed by atoms with Gasteiger partial charge in [-0.1, -0.05) is 18.2 Å². The van der Waals surface area contributed by atoms with Crippen LogP contribution in [0.1, 0.15) is 26.3 Å². The number of phenols is 1. The summed E-state index contributed by atoms with van der Waals surface area (Å²) in [6.07, 6.45) is 1.39. The van der Waals surface area contributed by atoms with E-state index in [-0.39, 0.29) is 17.0 Å². The second kappa shape index (κ2) is 9.11. The number of benzene rings is 3. The first-order valence-electron chi connectivity index (χ1n) is 8.71. The molecule has 0 atom stereocenters. The fourth-order valence-corrected chi connectivity index (χ4v) is 2.50. The molecule has 0 aliphatic carbocycles. The number of carbonyl (C=O) groups is 2. The average Bonchev–Trinajstić information content (AvgIpc) is 2.74. The highest BCUT2D eigenvalue weighted by molar-refractivity contribution is 6.05. The molecule has 2 amide bonds. The van der Waals surface area contributed by atoms with Gasteiger partial charge in [0.05, 0.1) is 11.1 Å². The van der Waals surface area contributed by atoms with Gasteiger partial charge in [0.2, 0.25) is 0 Å². The van der Waals surface area contributed by atoms with E-state index in [1.807, 2.05) is 0 Å². The molecule has 0 aromatic heterocycles. The number of nitro groups is 1. The van der Waals surface area contributed by atoms with Crippen LogP contribution in [0.15, 0.2) is 77.9 Å². The molecule has 0 aliphatic heterocycles. The highest BCUT2D eigenvalue weighted by Crippen LogP contribution is 2.16. The number of amides is 2. The molecule has 0 unspecified atom stereocenters. The zero-order valence-corrected chi connectivity index (χ0v) is 15.5. The third kappa shape index (κ3) is 5.26. The highest BCUT2D eigenvalue weighted by atomic mass is 16.6. The van der Waals surface area contributed by atoms with E-state index in [4.69, 9.17) is 0 Å². The van der Waals surface area contributed by atoms with E-state index >= 15 is 0 Å². The lowest BCUT2D eigenvalue weighted by Gasteiger charge is -2.06. The van der Waals surface area contributed by atoms with Crippen molar-refractivity contribution in [2.24, 2.45) is 5.10 Å². The maximum atomic E-state index is 12.3. The van der Waals surface area contributed by atoms with Crippen LogP contribution in [-0.4, -0.2) is 28.1 Å². The fourth-order valence-electron chi connectivity index (χ4n) is 2.50. The smallest absolute Gasteiger partial charge is 0.271 e. The number of non-ortho nitro benzene ring substituents is 1. The number of anilines is 1. The van der Waals surface area contributed by atoms with Crippen molar-refractivity contribution in [3.63, 3.8) is 0 Å². The van der Waals surface area contributed by atoms with Crippen molar-refractivity contribution in [2.75, 3.05) is 5.32 Å². The minimum atomic E-state index is -0.576. The van der Waals surface area contributed by atoms with Crippen molar-refractivity contribution in [3.05, 3.63) is 99.6 Å². The molecule has 0 aliphatic rings. The van der Waals surface area contributed by atoms with Crippen LogP contribution in [0.25, 0.3) is 0 Å². The SMILES string of the molecule is O=C(N/N=C\c1cccc(O)c1)c1ccc(NC(=O)c2cccc([N+](=O)[O-])c2)cc1. The molecule has 0 spiro atoms. The molecular weight excluding hydrogens is 388 g/mol. The number of hydrogen-bond acceptors (Lipinski definition) is 6. The lowest BCUT2D eigenvalue weighted by molar-refractivity contribution is -0.384. The van der Waals surface area contributed by atoms with Crippen molar-refractivity contribution in [2.45, 2.75) is 0 Å². The van der Waals surface area contributed by atoms with Gasteiger partial charge in [0.1, 0.15) is 5.75 Å². The fraction of sp³-hybridized carbons (Fsp3) is 0. The third-order valence-electron chi connectivity index (χ3n) is 3.97. The molecule has 150 valence electrons. The van der Waals surface area contributed by atoms with E-state index < -0.39 is 16.7 Å². The Labute approximate surface area is 170 Å². The Morgan fingerprint density at radius 3 is 2.37 bits per heavy atom. The van der Waals surface area contributed by atoms with Gasteiger partial charge in [-0.3, -0.25) is 19.7 Å². The first-order valence-corrected chi connectivity index (χ1v) is 8.71. The summed E-state index contributed by atoms with van der Waals surface area (Å²) in [6, 6.07) is 17.8. The van der Waals surface area contributed by atoms with Gasteiger partial charge in [0.25, 0.3) is 17.5 Å². The Bertz CT molecular complexity index is 1130. The van der Waals surface area contributed by atoms with Gasteiger partial charge in [-0.25, -0.2) is 5.43 Å². The zero-order valence-electron chi connectivity index (χ0n) is 15.5. The van der Waals surface area contributed by atoms with E-state index in [0.717, 1.165) is 0 Å². The molecule has 3 N–H and O–H groups in total. The van der Waals surface area contributed by atoms with Crippen molar-refractivity contribution < 1.29 is 19.6 Å². The van der Waals surface area contributed by atoms with Gasteiger partial charge >= 0.3 is 0 Å². The lowest BCUT2D eigenvalue weighted by atomic mass is 10.1. The number of rotatable bonds is 6. The number of nitrogens with one attached hydrogen (secondary N) is 2. The van der Waals surface area contributed by atoms with Gasteiger partial charge in [0.15, 0.2) is 0 Å². The van der Waals surface area contributed by atoms with Crippen molar-refractivity contribution >= 4 is 29.4 Å². The van der Waals surface area contributed by atoms with Gasteiger partial charge < -0.3 is 10.4 Å². The van der Waals surface area contributed by atoms with E-state index in [1.54, 1.807) is 12.1 Å². The van der Waals surface area contributed by atoms with Crippen LogP contribution in [-0.2, 0) is 0 Å². The maximum Gasteiger partial charge on any atom is 0.271 e. The van der Waals surface area contributed by atoms with Crippen LogP contribution in [0, 0.1) is 10.1 Å². The van der Waals surface area contributed by atoms with Gasteiger partial charge in [-0.15, -0.1) is 0 Å². The largest absolute Gasteiger partial charge is 0.508 e. The van der Waals surface area contributed by atoms with Crippen molar-refractivity contribution in [1.82, 2.24) is 5.43 Å². The summed E-state index contributed by atoms with van der Waals surface area (Å²) in [5.74, 6) is -0.873. The van der Waals surface area contributed by atoms with Crippen LogP contribution in [0.2, 0.25) is 0 Å². The van der Waals surface area contributed by atoms with Gasteiger partial charge in [-0.2, -0.15) is 5.10 Å². The predicted octanol–water partition coefficient (Wildman–Crippen LogP) is 3.32. The maximum absolute atomic E-state index is 12.3. The van der Waals surface area contributed by atoms with Crippen molar-refractivity contribution in [1.29, 1.82) is 0 Å². The average molecular weight is 404 g/mol. The molecule has 0 saturated carbocycles. The number of hydrazone groups is 1. The van der Waals surface area contributed by atoms with E-state index in [0.29, 0.717) is 16.8 Å². The standard InChI is InChI=1S/C21H16N4O5/c26-19-6-1-3-14(11-19)13-22-24-21(28)15-7-9-17(10-8-15)23-20(27)16-4-2-5-18(12-16)25(29)30/h1-13,26H,(H,23,27)(H,24,28)/b22-13-. The first-order chi connectivity index (χ1) is 14.4. The summed E-state index contributed by atoms with van der Waals surface area (Å²) in [5, 5.41) is 26.7. The molecule has 0 radical (unpaired) electrons. The molecule has 0 bridgehead atoms. The Morgan fingerprint density at radius 2 is 1.67 bits per heavy atom. The van der Waals surface area contributed by atoms with E-state index in [1.165, 1.54) is 66.9 Å². The third-order valence-corrected chi connectivity index (χ3v) is 3.97. The topological polar surface area (TPSA) is 134 Å². The summed E-state index contributed by atoms with van der Waals surface area (Å²) >= 11 is 0. The molecule has 9 nitrogen and oxygen atoms in total. The van der Waals surface area contributed by atoms with Crippen LogP contribution >= 0.6 is 0 Å². The molecule has 0 saturated heterocycles. The Kier molecular flexibility index (Phi) is 6.14. The highest BCUT2D eigenvalue weighted by Gasteiger charge is 2.12. The first kappa shape index (κ1) is 20.2. The Hall–Kier alpha value is -4.53. The molecule has 30 heavy (non-hydrogen) atoms. The monoisotopic (exact) mass is 404 g/mol. The van der Waals surface area contributed by atoms with Crippen molar-refractivity contribution in [3.8, 4) is 5.75 Å². The van der Waals surface area contributed by atoms with E-state index in [9.17, 15) is 24.8 Å². The van der Waals surface area contributed by atoms with E-state index in [2.05, 4.69) is 15.8 Å². The zero-order chi connectivity index (χ0) is 21.5. The summed E-state index contributed by atoms with van der Waals surface area (Å²) in [7, 11) is 0. The molecule has 3 rings (SSSR count). The minimum Gasteiger partial charge on any atom is -0.508 e. The minimum absolute atomic E-state index is 0.0908. The Balaban J connectivity index is 1.60. The molecule has 0 heterocycles. The predicted molar refractivity (Wildman–Crippen MR) is 111 cm³/mol. The number of phenolic OH excluding ortho intramolecular Hbond substituents is 1. The quantitative estimate of drug-likeness (QED) is 0.329. The molecule has 9 heteroatoms. The van der Waals surface area contributed by atoms with Crippen LogP contribution in [0.3, 0.4) is 0 Å². The second-order valence-electron chi connectivity index (χ2n) is 6.13. The lowest BCUT2D eigenvalue weighted by Crippen LogP contribution is -2.17. The number of aromatic hydroxyl groups is 1. The molecular formula is C21H16N4O5. The van der Waals surface area contributed by atoms with Crippen LogP contribution < -0.4 is 10.7 Å². The molecule has 0 fully saturated rings. The summed E-state index contributed by atoms with van der Waals surface area (Å²) in [5.41, 5.74) is 3.69. The van der Waals surface area contributed by atoms with Crippen LogP contribution in [0.5, 0.6) is 5.75 Å².